The van der Waals surface area contributed by atoms with Crippen molar-refractivity contribution < 1.29 is 5.11 Å². The lowest BCUT2D eigenvalue weighted by atomic mass is 10.4. The number of aliphatic hydroxyl groups is 1. The number of hydrogen-bond donors (Lipinski definition) is 2. The van der Waals surface area contributed by atoms with Crippen molar-refractivity contribution in [1.82, 2.24) is 19.7 Å². The summed E-state index contributed by atoms with van der Waals surface area (Å²) in [6.07, 6.45) is 1.74. The third-order valence-corrected chi connectivity index (χ3v) is 3.03. The molecule has 0 unspecified atom stereocenters. The van der Waals surface area contributed by atoms with Gasteiger partial charge in [0.25, 0.3) is 0 Å². The number of nitrogens with zero attached hydrogens (tertiary/aromatic N) is 5. The van der Waals surface area contributed by atoms with Gasteiger partial charge in [0.05, 0.1) is 18.2 Å². The second-order valence-corrected chi connectivity index (χ2v) is 4.20. The van der Waals surface area contributed by atoms with Gasteiger partial charge in [-0.1, -0.05) is 0 Å². The zero-order chi connectivity index (χ0) is 13.8. The smallest absolute Gasteiger partial charge is 0.229 e. The van der Waals surface area contributed by atoms with Crippen LogP contribution in [0, 0.1) is 0 Å². The van der Waals surface area contributed by atoms with Crippen molar-refractivity contribution in [3.8, 4) is 0 Å². The first kappa shape index (κ1) is 13.5. The molecule has 0 saturated heterocycles. The second kappa shape index (κ2) is 5.83. The van der Waals surface area contributed by atoms with E-state index < -0.39 is 0 Å². The molecule has 0 atom stereocenters. The molecule has 2 heterocycles. The highest BCUT2D eigenvalue weighted by Crippen LogP contribution is 2.22. The summed E-state index contributed by atoms with van der Waals surface area (Å²) < 4.78 is 1.73. The van der Waals surface area contributed by atoms with Crippen molar-refractivity contribution in [2.24, 2.45) is 7.05 Å². The van der Waals surface area contributed by atoms with Crippen LogP contribution in [0.3, 0.4) is 0 Å². The van der Waals surface area contributed by atoms with Crippen molar-refractivity contribution in [1.29, 1.82) is 0 Å². The van der Waals surface area contributed by atoms with Gasteiger partial charge in [-0.25, -0.2) is 0 Å². The lowest BCUT2D eigenvalue weighted by molar-refractivity contribution is 0.311. The Balaban J connectivity index is 2.50. The Kier molecular flexibility index (Phi) is 4.16. The fourth-order valence-corrected chi connectivity index (χ4v) is 1.97. The van der Waals surface area contributed by atoms with Crippen LogP contribution in [-0.4, -0.2) is 51.1 Å². The van der Waals surface area contributed by atoms with Crippen LogP contribution in [0.5, 0.6) is 0 Å². The molecule has 0 fully saturated rings. The molecule has 0 radical (unpaired) electrons. The molecule has 0 saturated carbocycles. The highest BCUT2D eigenvalue weighted by atomic mass is 16.3. The summed E-state index contributed by atoms with van der Waals surface area (Å²) in [5.41, 5.74) is 0.789. The predicted molar refractivity (Wildman–Crippen MR) is 75.4 cm³/mol. The molecule has 7 nitrogen and oxygen atoms in total. The fourth-order valence-electron chi connectivity index (χ4n) is 1.97. The van der Waals surface area contributed by atoms with E-state index in [9.17, 15) is 0 Å². The second-order valence-electron chi connectivity index (χ2n) is 4.20. The monoisotopic (exact) mass is 264 g/mol. The van der Waals surface area contributed by atoms with Crippen molar-refractivity contribution in [3.63, 3.8) is 0 Å². The SMILES string of the molecule is CCN(CC)c1nc(NCCO)c2cnn(C)c2n1. The molecule has 104 valence electrons. The van der Waals surface area contributed by atoms with E-state index in [0.717, 1.165) is 24.1 Å². The molecule has 0 amide bonds. The molecule has 2 aromatic rings. The average Bonchev–Trinajstić information content (AvgIpc) is 2.80. The molecule has 0 spiro atoms. The van der Waals surface area contributed by atoms with Crippen LogP contribution in [0.4, 0.5) is 11.8 Å². The van der Waals surface area contributed by atoms with E-state index in [4.69, 9.17) is 5.11 Å². The number of anilines is 2. The fraction of sp³-hybridized carbons (Fsp3) is 0.583. The van der Waals surface area contributed by atoms with Gasteiger partial charge in [-0.2, -0.15) is 15.1 Å². The van der Waals surface area contributed by atoms with E-state index in [-0.39, 0.29) is 6.61 Å². The molecular weight excluding hydrogens is 244 g/mol. The van der Waals surface area contributed by atoms with Crippen LogP contribution < -0.4 is 10.2 Å². The lowest BCUT2D eigenvalue weighted by Gasteiger charge is -2.19. The minimum atomic E-state index is 0.0619. The van der Waals surface area contributed by atoms with Crippen LogP contribution in [0.1, 0.15) is 13.8 Å². The Hall–Kier alpha value is -1.89. The Morgan fingerprint density at radius 2 is 2.05 bits per heavy atom. The summed E-state index contributed by atoms with van der Waals surface area (Å²) >= 11 is 0. The Morgan fingerprint density at radius 1 is 1.32 bits per heavy atom. The van der Waals surface area contributed by atoms with Crippen LogP contribution in [0.15, 0.2) is 6.20 Å². The van der Waals surface area contributed by atoms with Crippen LogP contribution in [0.25, 0.3) is 11.0 Å². The van der Waals surface area contributed by atoms with E-state index in [1.807, 2.05) is 7.05 Å². The van der Waals surface area contributed by atoms with Gasteiger partial charge in [0.1, 0.15) is 5.82 Å². The highest BCUT2D eigenvalue weighted by molar-refractivity contribution is 5.87. The molecule has 7 heteroatoms. The number of hydrogen-bond acceptors (Lipinski definition) is 6. The molecule has 0 aliphatic rings. The van der Waals surface area contributed by atoms with Gasteiger partial charge in [0.15, 0.2) is 5.65 Å². The van der Waals surface area contributed by atoms with E-state index in [1.54, 1.807) is 10.9 Å². The number of aryl methyl sites for hydroxylation is 1. The van der Waals surface area contributed by atoms with Gasteiger partial charge in [-0.05, 0) is 13.8 Å². The molecule has 0 aliphatic carbocycles. The molecule has 2 aromatic heterocycles. The average molecular weight is 264 g/mol. The van der Waals surface area contributed by atoms with Crippen molar-refractivity contribution >= 4 is 22.8 Å². The maximum Gasteiger partial charge on any atom is 0.229 e. The zero-order valence-corrected chi connectivity index (χ0v) is 11.6. The van der Waals surface area contributed by atoms with Crippen LogP contribution in [-0.2, 0) is 7.05 Å². The zero-order valence-electron chi connectivity index (χ0n) is 11.6. The van der Waals surface area contributed by atoms with Gasteiger partial charge >= 0.3 is 0 Å². The first-order valence-electron chi connectivity index (χ1n) is 6.50. The van der Waals surface area contributed by atoms with E-state index in [2.05, 4.69) is 39.1 Å². The van der Waals surface area contributed by atoms with Gasteiger partial charge in [0.2, 0.25) is 5.95 Å². The third-order valence-electron chi connectivity index (χ3n) is 3.03. The summed E-state index contributed by atoms with van der Waals surface area (Å²) in [4.78, 5) is 11.2. The highest BCUT2D eigenvalue weighted by Gasteiger charge is 2.14. The summed E-state index contributed by atoms with van der Waals surface area (Å²) in [5, 5.41) is 17.1. The molecule has 0 bridgehead atoms. The van der Waals surface area contributed by atoms with Gasteiger partial charge in [0, 0.05) is 26.7 Å². The van der Waals surface area contributed by atoms with Gasteiger partial charge in [-0.15, -0.1) is 0 Å². The van der Waals surface area contributed by atoms with Crippen LogP contribution in [0.2, 0.25) is 0 Å². The number of rotatable bonds is 6. The molecule has 2 rings (SSSR count). The maximum absolute atomic E-state index is 8.94. The topological polar surface area (TPSA) is 79.1 Å². The summed E-state index contributed by atoms with van der Waals surface area (Å²) in [7, 11) is 1.86. The Labute approximate surface area is 112 Å². The van der Waals surface area contributed by atoms with Gasteiger partial charge < -0.3 is 15.3 Å². The summed E-state index contributed by atoms with van der Waals surface area (Å²) in [6, 6.07) is 0. The van der Waals surface area contributed by atoms with Crippen molar-refractivity contribution in [2.45, 2.75) is 13.8 Å². The molecule has 0 aromatic carbocycles. The van der Waals surface area contributed by atoms with Crippen LogP contribution >= 0.6 is 0 Å². The molecule has 0 aliphatic heterocycles. The lowest BCUT2D eigenvalue weighted by Crippen LogP contribution is -2.25. The number of aromatic nitrogens is 4. The van der Waals surface area contributed by atoms with Gasteiger partial charge in [-0.3, -0.25) is 4.68 Å². The molecule has 19 heavy (non-hydrogen) atoms. The Bertz CT molecular complexity index is 548. The van der Waals surface area contributed by atoms with E-state index >= 15 is 0 Å². The molecule has 2 N–H and O–H groups in total. The summed E-state index contributed by atoms with van der Waals surface area (Å²) in [5.74, 6) is 1.40. The van der Waals surface area contributed by atoms with Crippen molar-refractivity contribution in [3.05, 3.63) is 6.20 Å². The normalized spacial score (nSPS) is 10.9. The number of nitrogens with one attached hydrogen (secondary N) is 1. The number of fused-ring (bicyclic) bond motifs is 1. The minimum Gasteiger partial charge on any atom is -0.395 e. The Morgan fingerprint density at radius 3 is 2.68 bits per heavy atom. The maximum atomic E-state index is 8.94. The molecular formula is C12H20N6O. The quantitative estimate of drug-likeness (QED) is 0.796. The minimum absolute atomic E-state index is 0.0619. The predicted octanol–water partition coefficient (Wildman–Crippen LogP) is 0.614. The third kappa shape index (κ3) is 2.60. The summed E-state index contributed by atoms with van der Waals surface area (Å²) in [6.45, 7) is 6.35. The largest absolute Gasteiger partial charge is 0.395 e. The van der Waals surface area contributed by atoms with E-state index in [0.29, 0.717) is 18.3 Å². The number of aliphatic hydroxyl groups excluding tert-OH is 1. The van der Waals surface area contributed by atoms with E-state index in [1.165, 1.54) is 0 Å². The first-order valence-corrected chi connectivity index (χ1v) is 6.50. The van der Waals surface area contributed by atoms with Crippen molar-refractivity contribution in [2.75, 3.05) is 36.5 Å². The standard InChI is InChI=1S/C12H20N6O/c1-4-18(5-2)12-15-10(13-6-7-19)9-8-14-17(3)11(9)16-12/h8,19H,4-7H2,1-3H3,(H,13,15,16). The first-order chi connectivity index (χ1) is 9.21.